The van der Waals surface area contributed by atoms with E-state index in [-0.39, 0.29) is 10.7 Å². The second kappa shape index (κ2) is 7.94. The maximum Gasteiger partial charge on any atom is 0.218 e. The molecule has 0 heterocycles. The summed E-state index contributed by atoms with van der Waals surface area (Å²) in [5.41, 5.74) is 5.15. The average molecular weight is 268 g/mol. The Hall–Kier alpha value is -0.240. The minimum Gasteiger partial charge on any atom is -0.392 e. The van der Waals surface area contributed by atoms with Gasteiger partial charge in [-0.3, -0.25) is 0 Å². The van der Waals surface area contributed by atoms with Gasteiger partial charge in [0.05, 0.1) is 4.99 Å². The molecule has 0 bridgehead atoms. The number of rotatable bonds is 9. The SMILES string of the molecule is CC(C)COCCCNS(=O)(=O)CC(N)=S. The van der Waals surface area contributed by atoms with Crippen LogP contribution >= 0.6 is 12.2 Å². The van der Waals surface area contributed by atoms with Crippen molar-refractivity contribution < 1.29 is 13.2 Å². The minimum absolute atomic E-state index is 0.0245. The van der Waals surface area contributed by atoms with Crippen LogP contribution < -0.4 is 10.5 Å². The molecule has 0 aromatic heterocycles. The quantitative estimate of drug-likeness (QED) is 0.463. The van der Waals surface area contributed by atoms with Gasteiger partial charge in [-0.1, -0.05) is 26.1 Å². The number of nitrogens with one attached hydrogen (secondary N) is 1. The Balaban J connectivity index is 3.55. The number of thiocarbonyl (C=S) groups is 1. The van der Waals surface area contributed by atoms with Crippen molar-refractivity contribution in [2.45, 2.75) is 20.3 Å². The third-order valence-electron chi connectivity index (χ3n) is 1.57. The molecule has 3 N–H and O–H groups in total. The third kappa shape index (κ3) is 10.3. The molecule has 0 aliphatic heterocycles. The van der Waals surface area contributed by atoms with Crippen LogP contribution in [0.15, 0.2) is 0 Å². The molecule has 0 atom stereocenters. The largest absolute Gasteiger partial charge is 0.392 e. The fourth-order valence-electron chi connectivity index (χ4n) is 0.959. The van der Waals surface area contributed by atoms with E-state index in [1.807, 2.05) is 0 Å². The molecular formula is C9H20N2O3S2. The molecule has 0 saturated carbocycles. The van der Waals surface area contributed by atoms with Crippen LogP contribution in [-0.2, 0) is 14.8 Å². The van der Waals surface area contributed by atoms with Crippen LogP contribution in [0, 0.1) is 5.92 Å². The summed E-state index contributed by atoms with van der Waals surface area (Å²) in [5, 5.41) is 0. The molecule has 0 aliphatic rings. The van der Waals surface area contributed by atoms with Gasteiger partial charge < -0.3 is 10.5 Å². The van der Waals surface area contributed by atoms with Crippen molar-refractivity contribution in [3.63, 3.8) is 0 Å². The van der Waals surface area contributed by atoms with Gasteiger partial charge in [-0.15, -0.1) is 0 Å². The third-order valence-corrected chi connectivity index (χ3v) is 3.23. The molecule has 0 saturated heterocycles. The van der Waals surface area contributed by atoms with Gasteiger partial charge in [0.2, 0.25) is 10.0 Å². The van der Waals surface area contributed by atoms with E-state index < -0.39 is 10.0 Å². The molecule has 0 unspecified atom stereocenters. The second-order valence-electron chi connectivity index (χ2n) is 3.94. The standard InChI is InChI=1S/C9H20N2O3S2/c1-8(2)6-14-5-3-4-11-16(12,13)7-9(10)15/h8,11H,3-7H2,1-2H3,(H2,10,15). The molecule has 5 nitrogen and oxygen atoms in total. The molecule has 0 fully saturated rings. The maximum absolute atomic E-state index is 11.3. The van der Waals surface area contributed by atoms with Crippen LogP contribution in [0.5, 0.6) is 0 Å². The van der Waals surface area contributed by atoms with Crippen molar-refractivity contribution in [1.29, 1.82) is 0 Å². The van der Waals surface area contributed by atoms with Crippen molar-refractivity contribution >= 4 is 27.2 Å². The van der Waals surface area contributed by atoms with Crippen molar-refractivity contribution in [1.82, 2.24) is 4.72 Å². The first-order valence-electron chi connectivity index (χ1n) is 5.17. The van der Waals surface area contributed by atoms with E-state index in [1.54, 1.807) is 0 Å². The minimum atomic E-state index is -3.36. The number of nitrogens with two attached hydrogens (primary N) is 1. The lowest BCUT2D eigenvalue weighted by Crippen LogP contribution is -2.33. The summed E-state index contributed by atoms with van der Waals surface area (Å²) in [6.07, 6.45) is 0.642. The maximum atomic E-state index is 11.3. The summed E-state index contributed by atoms with van der Waals surface area (Å²) in [6, 6.07) is 0. The lowest BCUT2D eigenvalue weighted by molar-refractivity contribution is 0.109. The molecule has 0 rings (SSSR count). The van der Waals surface area contributed by atoms with E-state index in [9.17, 15) is 8.42 Å². The highest BCUT2D eigenvalue weighted by atomic mass is 32.2. The monoisotopic (exact) mass is 268 g/mol. The van der Waals surface area contributed by atoms with Crippen LogP contribution in [0.1, 0.15) is 20.3 Å². The highest BCUT2D eigenvalue weighted by molar-refractivity contribution is 7.92. The summed E-state index contributed by atoms with van der Waals surface area (Å²) in [5.74, 6) is 0.196. The van der Waals surface area contributed by atoms with Gasteiger partial charge in [0.25, 0.3) is 0 Å². The van der Waals surface area contributed by atoms with E-state index in [4.69, 9.17) is 10.5 Å². The summed E-state index contributed by atoms with van der Waals surface area (Å²) >= 11 is 4.53. The summed E-state index contributed by atoms with van der Waals surface area (Å²) < 4.78 is 30.2. The predicted octanol–water partition coefficient (Wildman–Crippen LogP) is 0.255. The summed E-state index contributed by atoms with van der Waals surface area (Å²) in [6.45, 7) is 5.71. The van der Waals surface area contributed by atoms with Crippen molar-refractivity contribution in [3.8, 4) is 0 Å². The summed E-state index contributed by atoms with van der Waals surface area (Å²) in [7, 11) is -3.36. The zero-order valence-corrected chi connectivity index (χ0v) is 11.4. The summed E-state index contributed by atoms with van der Waals surface area (Å²) in [4.78, 5) is -0.0245. The molecule has 0 aromatic rings. The molecular weight excluding hydrogens is 248 g/mol. The van der Waals surface area contributed by atoms with Crippen LogP contribution in [0.2, 0.25) is 0 Å². The fourth-order valence-corrected chi connectivity index (χ4v) is 2.36. The Labute approximate surface area is 103 Å². The number of ether oxygens (including phenoxy) is 1. The van der Waals surface area contributed by atoms with Crippen LogP contribution in [-0.4, -0.2) is 38.9 Å². The normalized spacial score (nSPS) is 11.9. The van der Waals surface area contributed by atoms with Gasteiger partial charge in [0, 0.05) is 19.8 Å². The lowest BCUT2D eigenvalue weighted by atomic mass is 10.2. The first kappa shape index (κ1) is 15.8. The van der Waals surface area contributed by atoms with Gasteiger partial charge >= 0.3 is 0 Å². The Morgan fingerprint density at radius 3 is 2.62 bits per heavy atom. The molecule has 0 radical (unpaired) electrons. The van der Waals surface area contributed by atoms with Crippen LogP contribution in [0.4, 0.5) is 0 Å². The highest BCUT2D eigenvalue weighted by Crippen LogP contribution is 1.93. The van der Waals surface area contributed by atoms with Gasteiger partial charge in [-0.05, 0) is 12.3 Å². The number of sulfonamides is 1. The van der Waals surface area contributed by atoms with Crippen molar-refractivity contribution in [3.05, 3.63) is 0 Å². The zero-order chi connectivity index (χ0) is 12.6. The topological polar surface area (TPSA) is 81.4 Å². The smallest absolute Gasteiger partial charge is 0.218 e. The van der Waals surface area contributed by atoms with Gasteiger partial charge in [0.1, 0.15) is 5.75 Å². The van der Waals surface area contributed by atoms with E-state index in [2.05, 4.69) is 30.8 Å². The fraction of sp³-hybridized carbons (Fsp3) is 0.889. The van der Waals surface area contributed by atoms with E-state index in [0.29, 0.717) is 32.1 Å². The predicted molar refractivity (Wildman–Crippen MR) is 68.8 cm³/mol. The highest BCUT2D eigenvalue weighted by Gasteiger charge is 2.10. The van der Waals surface area contributed by atoms with Crippen LogP contribution in [0.3, 0.4) is 0 Å². The Kier molecular flexibility index (Phi) is 7.82. The van der Waals surface area contributed by atoms with Gasteiger partial charge in [0.15, 0.2) is 0 Å². The van der Waals surface area contributed by atoms with Crippen LogP contribution in [0.25, 0.3) is 0 Å². The zero-order valence-electron chi connectivity index (χ0n) is 9.73. The first-order chi connectivity index (χ1) is 7.33. The van der Waals surface area contributed by atoms with E-state index >= 15 is 0 Å². The van der Waals surface area contributed by atoms with E-state index in [1.165, 1.54) is 0 Å². The average Bonchev–Trinajstić information content (AvgIpc) is 2.08. The Bertz CT molecular complexity index is 302. The molecule has 0 aliphatic carbocycles. The Morgan fingerprint density at radius 2 is 2.12 bits per heavy atom. The Morgan fingerprint density at radius 1 is 1.50 bits per heavy atom. The number of hydrogen-bond donors (Lipinski definition) is 2. The lowest BCUT2D eigenvalue weighted by Gasteiger charge is -2.07. The molecule has 0 spiro atoms. The van der Waals surface area contributed by atoms with Crippen molar-refractivity contribution in [2.24, 2.45) is 11.7 Å². The molecule has 0 amide bonds. The molecule has 0 aromatic carbocycles. The van der Waals surface area contributed by atoms with Gasteiger partial charge in [-0.25, -0.2) is 13.1 Å². The molecule has 96 valence electrons. The van der Waals surface area contributed by atoms with Gasteiger partial charge in [-0.2, -0.15) is 0 Å². The van der Waals surface area contributed by atoms with E-state index in [0.717, 1.165) is 0 Å². The number of hydrogen-bond acceptors (Lipinski definition) is 4. The molecule has 7 heteroatoms. The second-order valence-corrected chi connectivity index (χ2v) is 6.27. The molecule has 16 heavy (non-hydrogen) atoms. The first-order valence-corrected chi connectivity index (χ1v) is 7.23. The van der Waals surface area contributed by atoms with Crippen molar-refractivity contribution in [2.75, 3.05) is 25.5 Å².